The molecule has 0 saturated carbocycles. The second-order valence-electron chi connectivity index (χ2n) is 1.49. The van der Waals surface area contributed by atoms with Crippen LogP contribution in [-0.2, 0) is 4.79 Å². The monoisotopic (exact) mass is 156 g/mol. The fourth-order valence-corrected chi connectivity index (χ4v) is 0.603. The van der Waals surface area contributed by atoms with E-state index in [9.17, 15) is 4.79 Å². The van der Waals surface area contributed by atoms with E-state index >= 15 is 0 Å². The Hall–Kier alpha value is -1.16. The van der Waals surface area contributed by atoms with E-state index < -0.39 is 0 Å². The number of rotatable bonds is 2. The molecule has 5 heteroatoms. The fourth-order valence-electron chi connectivity index (χ4n) is 0.456. The van der Waals surface area contributed by atoms with Gasteiger partial charge in [-0.15, -0.1) is 5.10 Å². The summed E-state index contributed by atoms with van der Waals surface area (Å²) < 4.78 is 0. The van der Waals surface area contributed by atoms with Gasteiger partial charge in [0.15, 0.2) is 5.82 Å². The average Bonchev–Trinajstić information content (AvgIpc) is 1.88. The summed E-state index contributed by atoms with van der Waals surface area (Å²) in [5, 5.41) is 9.61. The van der Waals surface area contributed by atoms with Gasteiger partial charge in [-0.1, -0.05) is 11.6 Å². The SMILES string of the molecule is O=[C]Nc1cc(Cl)cnn1. The third-order valence-corrected chi connectivity index (χ3v) is 1.01. The second kappa shape index (κ2) is 3.12. The van der Waals surface area contributed by atoms with Gasteiger partial charge in [-0.25, -0.2) is 0 Å². The van der Waals surface area contributed by atoms with Crippen LogP contribution in [0.5, 0.6) is 0 Å². The number of hydrogen-bond acceptors (Lipinski definition) is 3. The molecule has 1 aromatic rings. The lowest BCUT2D eigenvalue weighted by Gasteiger charge is -1.92. The van der Waals surface area contributed by atoms with Gasteiger partial charge in [0, 0.05) is 6.07 Å². The quantitative estimate of drug-likeness (QED) is 0.639. The minimum Gasteiger partial charge on any atom is -0.301 e. The Labute approximate surface area is 62.2 Å². The van der Waals surface area contributed by atoms with Gasteiger partial charge in [-0.3, -0.25) is 4.79 Å². The zero-order valence-electron chi connectivity index (χ0n) is 4.84. The zero-order valence-corrected chi connectivity index (χ0v) is 5.59. The fraction of sp³-hybridized carbons (Fsp3) is 0. The number of nitrogens with zero attached hydrogens (tertiary/aromatic N) is 2. The number of halogens is 1. The van der Waals surface area contributed by atoms with Crippen molar-refractivity contribution in [3.63, 3.8) is 0 Å². The van der Waals surface area contributed by atoms with E-state index in [1.807, 2.05) is 0 Å². The van der Waals surface area contributed by atoms with Gasteiger partial charge in [0.2, 0.25) is 0 Å². The Bertz CT molecular complexity index is 240. The van der Waals surface area contributed by atoms with E-state index in [1.165, 1.54) is 18.7 Å². The summed E-state index contributed by atoms with van der Waals surface area (Å²) in [7, 11) is 0. The lowest BCUT2D eigenvalue weighted by molar-refractivity contribution is 0.560. The maximum atomic E-state index is 9.74. The van der Waals surface area contributed by atoms with Crippen LogP contribution in [0.2, 0.25) is 5.02 Å². The Balaban J connectivity index is 2.84. The summed E-state index contributed by atoms with van der Waals surface area (Å²) in [4.78, 5) is 9.74. The molecule has 1 rings (SSSR count). The molecule has 0 aliphatic heterocycles. The average molecular weight is 157 g/mol. The highest BCUT2D eigenvalue weighted by Gasteiger charge is 1.92. The summed E-state index contributed by atoms with van der Waals surface area (Å²) in [6.07, 6.45) is 2.82. The summed E-state index contributed by atoms with van der Waals surface area (Å²) in [6, 6.07) is 1.47. The topological polar surface area (TPSA) is 54.9 Å². The molecular formula is C5H3ClN3O. The van der Waals surface area contributed by atoms with Crippen LogP contribution in [0.25, 0.3) is 0 Å². The molecule has 0 unspecified atom stereocenters. The number of aromatic nitrogens is 2. The zero-order chi connectivity index (χ0) is 7.40. The number of anilines is 1. The smallest absolute Gasteiger partial charge is 0.301 e. The van der Waals surface area contributed by atoms with Crippen molar-refractivity contribution in [2.24, 2.45) is 0 Å². The standard InChI is InChI=1S/C5H3ClN3O/c6-4-1-5(7-3-10)9-8-2-4/h1-2H,(H,7,9,10). The molecular weight excluding hydrogens is 154 g/mol. The van der Waals surface area contributed by atoms with Gasteiger partial charge in [-0.05, 0) is 0 Å². The van der Waals surface area contributed by atoms with Crippen LogP contribution in [-0.4, -0.2) is 16.6 Å². The maximum absolute atomic E-state index is 9.74. The molecule has 1 radical (unpaired) electrons. The highest BCUT2D eigenvalue weighted by molar-refractivity contribution is 6.30. The highest BCUT2D eigenvalue weighted by Crippen LogP contribution is 2.08. The first-order valence-corrected chi connectivity index (χ1v) is 2.82. The van der Waals surface area contributed by atoms with Crippen LogP contribution < -0.4 is 5.32 Å². The van der Waals surface area contributed by atoms with Gasteiger partial charge in [-0.2, -0.15) is 5.10 Å². The summed E-state index contributed by atoms with van der Waals surface area (Å²) in [5.74, 6) is 0.294. The minimum absolute atomic E-state index is 0.294. The summed E-state index contributed by atoms with van der Waals surface area (Å²) >= 11 is 5.51. The van der Waals surface area contributed by atoms with Crippen LogP contribution in [0.4, 0.5) is 5.82 Å². The molecule has 0 fully saturated rings. The highest BCUT2D eigenvalue weighted by atomic mass is 35.5. The van der Waals surface area contributed by atoms with Crippen LogP contribution in [0.1, 0.15) is 0 Å². The minimum atomic E-state index is 0.294. The molecule has 0 spiro atoms. The van der Waals surface area contributed by atoms with Gasteiger partial charge in [0.05, 0.1) is 11.2 Å². The second-order valence-corrected chi connectivity index (χ2v) is 1.92. The predicted molar refractivity (Wildman–Crippen MR) is 36.4 cm³/mol. The van der Waals surface area contributed by atoms with E-state index in [1.54, 1.807) is 0 Å². The molecule has 10 heavy (non-hydrogen) atoms. The molecule has 0 saturated heterocycles. The largest absolute Gasteiger partial charge is 0.315 e. The third kappa shape index (κ3) is 1.66. The first kappa shape index (κ1) is 6.95. The van der Waals surface area contributed by atoms with E-state index in [4.69, 9.17) is 11.6 Å². The Morgan fingerprint density at radius 2 is 2.50 bits per heavy atom. The maximum Gasteiger partial charge on any atom is 0.315 e. The van der Waals surface area contributed by atoms with Crippen molar-refractivity contribution in [1.29, 1.82) is 0 Å². The molecule has 1 heterocycles. The Kier molecular flexibility index (Phi) is 2.17. The van der Waals surface area contributed by atoms with Crippen LogP contribution >= 0.6 is 11.6 Å². The molecule has 0 aromatic carbocycles. The van der Waals surface area contributed by atoms with Crippen molar-refractivity contribution >= 4 is 23.8 Å². The van der Waals surface area contributed by atoms with Crippen molar-refractivity contribution in [3.8, 4) is 0 Å². The molecule has 1 N–H and O–H groups in total. The van der Waals surface area contributed by atoms with Crippen molar-refractivity contribution in [3.05, 3.63) is 17.3 Å². The van der Waals surface area contributed by atoms with Crippen LogP contribution in [0.15, 0.2) is 12.3 Å². The summed E-state index contributed by atoms with van der Waals surface area (Å²) in [5.41, 5.74) is 0. The Morgan fingerprint density at radius 3 is 3.10 bits per heavy atom. The van der Waals surface area contributed by atoms with Crippen molar-refractivity contribution in [1.82, 2.24) is 10.2 Å². The number of hydrogen-bond donors (Lipinski definition) is 1. The van der Waals surface area contributed by atoms with Crippen LogP contribution in [0.3, 0.4) is 0 Å². The first-order chi connectivity index (χ1) is 4.83. The normalized spacial score (nSPS) is 8.90. The molecule has 4 nitrogen and oxygen atoms in total. The number of amides is 1. The van der Waals surface area contributed by atoms with Crippen LogP contribution in [0, 0.1) is 0 Å². The first-order valence-electron chi connectivity index (χ1n) is 2.44. The van der Waals surface area contributed by atoms with E-state index in [0.717, 1.165) is 0 Å². The molecule has 1 aromatic heterocycles. The Morgan fingerprint density at radius 1 is 1.70 bits per heavy atom. The molecule has 0 aliphatic carbocycles. The molecule has 1 amide bonds. The van der Waals surface area contributed by atoms with E-state index in [-0.39, 0.29) is 0 Å². The lowest BCUT2D eigenvalue weighted by Crippen LogP contribution is -1.97. The van der Waals surface area contributed by atoms with Gasteiger partial charge in [0.25, 0.3) is 0 Å². The van der Waals surface area contributed by atoms with Crippen molar-refractivity contribution in [2.75, 3.05) is 5.32 Å². The molecule has 51 valence electrons. The van der Waals surface area contributed by atoms with Gasteiger partial charge < -0.3 is 5.32 Å². The van der Waals surface area contributed by atoms with Gasteiger partial charge >= 0.3 is 6.41 Å². The predicted octanol–water partition coefficient (Wildman–Crippen LogP) is 0.609. The van der Waals surface area contributed by atoms with Crippen molar-refractivity contribution < 1.29 is 4.79 Å². The third-order valence-electron chi connectivity index (χ3n) is 0.800. The number of carbonyl (C=O) groups excluding carboxylic acids is 1. The molecule has 0 bridgehead atoms. The molecule has 0 aliphatic rings. The van der Waals surface area contributed by atoms with Gasteiger partial charge in [0.1, 0.15) is 0 Å². The van der Waals surface area contributed by atoms with Crippen molar-refractivity contribution in [2.45, 2.75) is 0 Å². The number of nitrogens with one attached hydrogen (secondary N) is 1. The van der Waals surface area contributed by atoms with E-state index in [2.05, 4.69) is 15.5 Å². The van der Waals surface area contributed by atoms with E-state index in [0.29, 0.717) is 10.8 Å². The summed E-state index contributed by atoms with van der Waals surface area (Å²) in [6.45, 7) is 0. The molecule has 0 atom stereocenters. The lowest BCUT2D eigenvalue weighted by atomic mass is 10.5.